The van der Waals surface area contributed by atoms with Gasteiger partial charge in [-0.1, -0.05) is 92.0 Å². The number of hydrogen-bond acceptors (Lipinski definition) is 4. The van der Waals surface area contributed by atoms with Gasteiger partial charge in [0.25, 0.3) is 0 Å². The monoisotopic (exact) mass is 617 g/mol. The van der Waals surface area contributed by atoms with E-state index >= 15 is 0 Å². The molecule has 41 heavy (non-hydrogen) atoms. The van der Waals surface area contributed by atoms with E-state index in [0.29, 0.717) is 27.8 Å². The third kappa shape index (κ3) is 9.21. The van der Waals surface area contributed by atoms with Gasteiger partial charge in [0, 0.05) is 35.1 Å². The molecule has 0 aliphatic carbocycles. The Kier molecular flexibility index (Phi) is 12.1. The lowest BCUT2D eigenvalue weighted by molar-refractivity contribution is -0.140. The van der Waals surface area contributed by atoms with E-state index in [1.54, 1.807) is 30.3 Å². The third-order valence-corrected chi connectivity index (χ3v) is 8.65. The first-order valence-electron chi connectivity index (χ1n) is 13.7. The maximum Gasteiger partial charge on any atom is 0.244 e. The van der Waals surface area contributed by atoms with Gasteiger partial charge in [0.1, 0.15) is 12.6 Å². The first kappa shape index (κ1) is 32.4. The number of hydrogen-bond donors (Lipinski definition) is 1. The topological polar surface area (TPSA) is 86.8 Å². The minimum atomic E-state index is -3.84. The van der Waals surface area contributed by atoms with Crippen LogP contribution in [0.1, 0.15) is 43.4 Å². The number of carbonyl (C=O) groups is 2. The largest absolute Gasteiger partial charge is 0.354 e. The second kappa shape index (κ2) is 15.2. The van der Waals surface area contributed by atoms with Gasteiger partial charge in [-0.25, -0.2) is 8.42 Å². The fraction of sp³-hybridized carbons (Fsp3) is 0.355. The molecule has 3 aromatic carbocycles. The second-order valence-electron chi connectivity index (χ2n) is 9.86. The molecule has 0 unspecified atom stereocenters. The molecular weight excluding hydrogens is 581 g/mol. The summed E-state index contributed by atoms with van der Waals surface area (Å²) in [6, 6.07) is 20.5. The van der Waals surface area contributed by atoms with E-state index in [1.165, 1.54) is 4.90 Å². The Hall–Kier alpha value is -3.07. The molecule has 0 aliphatic rings. The zero-order valence-electron chi connectivity index (χ0n) is 23.6. The first-order valence-corrected chi connectivity index (χ1v) is 16.3. The van der Waals surface area contributed by atoms with Crippen molar-refractivity contribution in [3.05, 3.63) is 99.5 Å². The lowest BCUT2D eigenvalue weighted by Crippen LogP contribution is -2.53. The molecule has 220 valence electrons. The Morgan fingerprint density at radius 3 is 2.07 bits per heavy atom. The number of sulfonamides is 1. The van der Waals surface area contributed by atoms with Gasteiger partial charge >= 0.3 is 0 Å². The van der Waals surface area contributed by atoms with Crippen molar-refractivity contribution in [3.63, 3.8) is 0 Å². The molecule has 0 saturated heterocycles. The lowest BCUT2D eigenvalue weighted by atomic mass is 10.0. The van der Waals surface area contributed by atoms with Gasteiger partial charge in [-0.05, 0) is 48.2 Å². The van der Waals surface area contributed by atoms with Crippen LogP contribution in [0.4, 0.5) is 5.69 Å². The zero-order valence-corrected chi connectivity index (χ0v) is 26.0. The number of carbonyl (C=O) groups excluding carboxylic acids is 2. The van der Waals surface area contributed by atoms with Crippen LogP contribution in [0.3, 0.4) is 0 Å². The van der Waals surface area contributed by atoms with Crippen molar-refractivity contribution in [1.29, 1.82) is 0 Å². The summed E-state index contributed by atoms with van der Waals surface area (Å²) in [5.41, 5.74) is 2.72. The van der Waals surface area contributed by atoms with Gasteiger partial charge in [0.15, 0.2) is 0 Å². The minimum Gasteiger partial charge on any atom is -0.354 e. The highest BCUT2D eigenvalue weighted by molar-refractivity contribution is 7.92. The van der Waals surface area contributed by atoms with Crippen LogP contribution in [-0.4, -0.2) is 50.5 Å². The summed E-state index contributed by atoms with van der Waals surface area (Å²) in [6.07, 6.45) is 3.74. The predicted octanol–water partition coefficient (Wildman–Crippen LogP) is 5.88. The standard InChI is InChI=1S/C31H37Cl2N3O4S/c1-4-6-19-34-31(38)29(20-24-11-8-7-9-12-24)35(21-26-27(32)13-10-14-28(26)33)30(37)22-36(41(3,39)40)25-17-15-23(5-2)16-18-25/h7-18,29H,4-6,19-22H2,1-3H3,(H,34,38)/t29-/m0/s1. The quantitative estimate of drug-likeness (QED) is 0.229. The average Bonchev–Trinajstić information content (AvgIpc) is 2.95. The van der Waals surface area contributed by atoms with Crippen LogP contribution in [0.25, 0.3) is 0 Å². The molecule has 0 bridgehead atoms. The Labute approximate surface area is 253 Å². The number of benzene rings is 3. The summed E-state index contributed by atoms with van der Waals surface area (Å²) in [5.74, 6) is -0.894. The molecule has 1 atom stereocenters. The van der Waals surface area contributed by atoms with Crippen LogP contribution in [0.2, 0.25) is 10.0 Å². The number of amides is 2. The Balaban J connectivity index is 2.07. The van der Waals surface area contributed by atoms with Crippen LogP contribution >= 0.6 is 23.2 Å². The number of halogens is 2. The van der Waals surface area contributed by atoms with E-state index in [9.17, 15) is 18.0 Å². The van der Waals surface area contributed by atoms with E-state index in [4.69, 9.17) is 23.2 Å². The van der Waals surface area contributed by atoms with Crippen LogP contribution in [0, 0.1) is 0 Å². The van der Waals surface area contributed by atoms with Gasteiger partial charge < -0.3 is 10.2 Å². The molecule has 2 amide bonds. The lowest BCUT2D eigenvalue weighted by Gasteiger charge is -2.34. The molecule has 0 saturated carbocycles. The average molecular weight is 619 g/mol. The molecule has 0 radical (unpaired) electrons. The summed E-state index contributed by atoms with van der Waals surface area (Å²) in [4.78, 5) is 29.2. The van der Waals surface area contributed by atoms with Crippen LogP contribution in [0.5, 0.6) is 0 Å². The summed E-state index contributed by atoms with van der Waals surface area (Å²) < 4.78 is 26.9. The number of nitrogens with zero attached hydrogens (tertiary/aromatic N) is 2. The summed E-state index contributed by atoms with van der Waals surface area (Å²) in [7, 11) is -3.84. The fourth-order valence-electron chi connectivity index (χ4n) is 4.43. The molecule has 1 N–H and O–H groups in total. The number of unbranched alkanes of at least 4 members (excludes halogenated alkanes) is 1. The normalized spacial score (nSPS) is 12.0. The van der Waals surface area contributed by atoms with Crippen molar-refractivity contribution in [3.8, 4) is 0 Å². The van der Waals surface area contributed by atoms with E-state index in [-0.39, 0.29) is 18.9 Å². The van der Waals surface area contributed by atoms with Crippen molar-refractivity contribution < 1.29 is 18.0 Å². The van der Waals surface area contributed by atoms with Crippen molar-refractivity contribution >= 4 is 50.7 Å². The van der Waals surface area contributed by atoms with Crippen molar-refractivity contribution in [2.75, 3.05) is 23.7 Å². The van der Waals surface area contributed by atoms with Crippen LogP contribution in [-0.2, 0) is 39.0 Å². The second-order valence-corrected chi connectivity index (χ2v) is 12.6. The molecule has 3 aromatic rings. The highest BCUT2D eigenvalue weighted by Gasteiger charge is 2.33. The van der Waals surface area contributed by atoms with Crippen molar-refractivity contribution in [1.82, 2.24) is 10.2 Å². The number of nitrogens with one attached hydrogen (secondary N) is 1. The molecule has 7 nitrogen and oxygen atoms in total. The summed E-state index contributed by atoms with van der Waals surface area (Å²) >= 11 is 13.0. The maximum absolute atomic E-state index is 14.1. The van der Waals surface area contributed by atoms with E-state index in [0.717, 1.165) is 41.0 Å². The number of aryl methyl sites for hydroxylation is 1. The summed E-state index contributed by atoms with van der Waals surface area (Å²) in [5, 5.41) is 3.64. The first-order chi connectivity index (χ1) is 19.5. The van der Waals surface area contributed by atoms with Crippen molar-refractivity contribution in [2.45, 2.75) is 52.1 Å². The Bertz CT molecular complexity index is 1400. The molecular formula is C31H37Cl2N3O4S. The highest BCUT2D eigenvalue weighted by Crippen LogP contribution is 2.28. The zero-order chi connectivity index (χ0) is 30.0. The molecule has 10 heteroatoms. The molecule has 0 heterocycles. The van der Waals surface area contributed by atoms with Crippen molar-refractivity contribution in [2.24, 2.45) is 0 Å². The van der Waals surface area contributed by atoms with E-state index in [1.807, 2.05) is 56.3 Å². The highest BCUT2D eigenvalue weighted by atomic mass is 35.5. The van der Waals surface area contributed by atoms with Crippen LogP contribution < -0.4 is 9.62 Å². The molecule has 0 aromatic heterocycles. The smallest absolute Gasteiger partial charge is 0.244 e. The molecule has 0 spiro atoms. The van der Waals surface area contributed by atoms with Gasteiger partial charge in [0.2, 0.25) is 21.8 Å². The molecule has 0 fully saturated rings. The third-order valence-electron chi connectivity index (χ3n) is 6.80. The van der Waals surface area contributed by atoms with Gasteiger partial charge in [-0.15, -0.1) is 0 Å². The minimum absolute atomic E-state index is 0.0809. The Morgan fingerprint density at radius 1 is 0.878 bits per heavy atom. The fourth-order valence-corrected chi connectivity index (χ4v) is 5.79. The summed E-state index contributed by atoms with van der Waals surface area (Å²) in [6.45, 7) is 3.90. The SMILES string of the molecule is CCCCNC(=O)[C@H](Cc1ccccc1)N(Cc1c(Cl)cccc1Cl)C(=O)CN(c1ccc(CC)cc1)S(C)(=O)=O. The van der Waals surface area contributed by atoms with Crippen LogP contribution in [0.15, 0.2) is 72.8 Å². The molecule has 0 aliphatic heterocycles. The maximum atomic E-state index is 14.1. The van der Waals surface area contributed by atoms with E-state index < -0.39 is 28.5 Å². The predicted molar refractivity (Wildman–Crippen MR) is 167 cm³/mol. The van der Waals surface area contributed by atoms with E-state index in [2.05, 4.69) is 5.32 Å². The number of anilines is 1. The number of rotatable bonds is 14. The van der Waals surface area contributed by atoms with Gasteiger partial charge in [-0.3, -0.25) is 13.9 Å². The Morgan fingerprint density at radius 2 is 1.51 bits per heavy atom. The van der Waals surface area contributed by atoms with Gasteiger partial charge in [0.05, 0.1) is 11.9 Å². The van der Waals surface area contributed by atoms with Gasteiger partial charge in [-0.2, -0.15) is 0 Å². The molecule has 3 rings (SSSR count).